The lowest BCUT2D eigenvalue weighted by Crippen LogP contribution is -2.18. The van der Waals surface area contributed by atoms with E-state index in [1.54, 1.807) is 0 Å². The first-order valence-corrected chi connectivity index (χ1v) is 7.17. The summed E-state index contributed by atoms with van der Waals surface area (Å²) < 4.78 is 0. The minimum Gasteiger partial charge on any atom is -0.390 e. The molecule has 0 radical (unpaired) electrons. The van der Waals surface area contributed by atoms with E-state index < -0.39 is 12.2 Å². The average Bonchev–Trinajstić information content (AvgIpc) is 2.39. The topological polar surface area (TPSA) is 40.5 Å². The molecule has 0 fully saturated rings. The maximum atomic E-state index is 10.2. The van der Waals surface area contributed by atoms with E-state index in [0.717, 1.165) is 16.3 Å². The quantitative estimate of drug-likeness (QED) is 0.851. The van der Waals surface area contributed by atoms with Crippen LogP contribution in [0.25, 0.3) is 10.8 Å². The van der Waals surface area contributed by atoms with Crippen molar-refractivity contribution in [3.8, 4) is 0 Å². The highest BCUT2D eigenvalue weighted by molar-refractivity contribution is 9.09. The normalized spacial score (nSPS) is 14.7. The molecule has 2 unspecified atom stereocenters. The lowest BCUT2D eigenvalue weighted by atomic mass is 9.94. The van der Waals surface area contributed by atoms with E-state index >= 15 is 0 Å². The molecule has 2 nitrogen and oxygen atoms in total. The second kappa shape index (κ2) is 5.83. The number of rotatable bonds is 4. The third-order valence-corrected chi connectivity index (χ3v) is 3.72. The fraction of sp³-hybridized carbons (Fsp3) is 0.333. The first-order valence-electron chi connectivity index (χ1n) is 6.05. The Morgan fingerprint density at radius 2 is 1.72 bits per heavy atom. The molecule has 18 heavy (non-hydrogen) atoms. The maximum absolute atomic E-state index is 10.2. The molecule has 0 aromatic heterocycles. The second-order valence-electron chi connectivity index (χ2n) is 4.51. The second-order valence-corrected chi connectivity index (χ2v) is 5.30. The Morgan fingerprint density at radius 1 is 1.06 bits per heavy atom. The van der Waals surface area contributed by atoms with Gasteiger partial charge in [0.15, 0.2) is 0 Å². The van der Waals surface area contributed by atoms with Crippen molar-refractivity contribution in [1.82, 2.24) is 0 Å². The van der Waals surface area contributed by atoms with Crippen molar-refractivity contribution >= 4 is 26.7 Å². The fourth-order valence-electron chi connectivity index (χ4n) is 2.21. The highest BCUT2D eigenvalue weighted by Gasteiger charge is 2.19. The average molecular weight is 309 g/mol. The highest BCUT2D eigenvalue weighted by Crippen LogP contribution is 2.29. The summed E-state index contributed by atoms with van der Waals surface area (Å²) in [7, 11) is 0. The molecule has 0 heterocycles. The molecular formula is C15H17BrO2. The van der Waals surface area contributed by atoms with Crippen LogP contribution in [0.4, 0.5) is 0 Å². The Bertz CT molecular complexity index is 539. The molecule has 0 amide bonds. The molecule has 2 N–H and O–H groups in total. The number of aryl methyl sites for hydroxylation is 1. The molecular weight excluding hydrogens is 292 g/mol. The molecule has 0 spiro atoms. The van der Waals surface area contributed by atoms with Crippen molar-refractivity contribution in [1.29, 1.82) is 0 Å². The molecule has 0 bridgehead atoms. The summed E-state index contributed by atoms with van der Waals surface area (Å²) in [5.74, 6) is 0. The van der Waals surface area contributed by atoms with Gasteiger partial charge in [0.2, 0.25) is 0 Å². The minimum atomic E-state index is -0.840. The van der Waals surface area contributed by atoms with Crippen LogP contribution in [0.15, 0.2) is 36.4 Å². The van der Waals surface area contributed by atoms with Crippen molar-refractivity contribution in [2.24, 2.45) is 0 Å². The van der Waals surface area contributed by atoms with Crippen molar-refractivity contribution in [2.75, 3.05) is 5.33 Å². The maximum Gasteiger partial charge on any atom is 0.105 e. The zero-order valence-corrected chi connectivity index (χ0v) is 11.9. The Kier molecular flexibility index (Phi) is 4.38. The summed E-state index contributed by atoms with van der Waals surface area (Å²) in [5.41, 5.74) is 1.97. The summed E-state index contributed by atoms with van der Waals surface area (Å²) in [6.07, 6.45) is -1.05. The van der Waals surface area contributed by atoms with Gasteiger partial charge < -0.3 is 10.2 Å². The van der Waals surface area contributed by atoms with Crippen molar-refractivity contribution < 1.29 is 10.2 Å². The van der Waals surface area contributed by atoms with Gasteiger partial charge in [-0.15, -0.1) is 0 Å². The monoisotopic (exact) mass is 308 g/mol. The first-order chi connectivity index (χ1) is 8.65. The number of benzene rings is 2. The van der Waals surface area contributed by atoms with Crippen molar-refractivity contribution in [3.63, 3.8) is 0 Å². The summed E-state index contributed by atoms with van der Waals surface area (Å²) in [4.78, 5) is 0. The van der Waals surface area contributed by atoms with Crippen LogP contribution < -0.4 is 0 Å². The number of hydrogen-bond donors (Lipinski definition) is 2. The van der Waals surface area contributed by atoms with Gasteiger partial charge in [0.05, 0.1) is 6.10 Å². The largest absolute Gasteiger partial charge is 0.390 e. The highest BCUT2D eigenvalue weighted by atomic mass is 79.9. The van der Waals surface area contributed by atoms with Crippen molar-refractivity contribution in [3.05, 3.63) is 47.5 Å². The van der Waals surface area contributed by atoms with Gasteiger partial charge >= 0.3 is 0 Å². The standard InChI is InChI=1S/C15H17BrO2/c1-10-6-7-13(15(18)14(17)8-9-16)12-5-3-2-4-11(10)12/h2-7,14-15,17-18H,8-9H2,1H3. The summed E-state index contributed by atoms with van der Waals surface area (Å²) in [6.45, 7) is 2.05. The van der Waals surface area contributed by atoms with Gasteiger partial charge in [0.25, 0.3) is 0 Å². The number of hydrogen-bond acceptors (Lipinski definition) is 2. The summed E-state index contributed by atoms with van der Waals surface area (Å²) in [6, 6.07) is 11.9. The van der Waals surface area contributed by atoms with Gasteiger partial charge in [0, 0.05) is 5.33 Å². The van der Waals surface area contributed by atoms with Crippen LogP contribution in [0.2, 0.25) is 0 Å². The lowest BCUT2D eigenvalue weighted by Gasteiger charge is -2.19. The lowest BCUT2D eigenvalue weighted by molar-refractivity contribution is 0.0182. The van der Waals surface area contributed by atoms with Crippen molar-refractivity contribution in [2.45, 2.75) is 25.6 Å². The number of halogens is 1. The zero-order chi connectivity index (χ0) is 13.1. The summed E-state index contributed by atoms with van der Waals surface area (Å²) >= 11 is 3.28. The first kappa shape index (κ1) is 13.5. The molecule has 2 aromatic carbocycles. The SMILES string of the molecule is Cc1ccc(C(O)C(O)CCBr)c2ccccc12. The van der Waals surface area contributed by atoms with E-state index in [-0.39, 0.29) is 0 Å². The van der Waals surface area contributed by atoms with Crippen LogP contribution in [0.5, 0.6) is 0 Å². The van der Waals surface area contributed by atoms with E-state index in [4.69, 9.17) is 0 Å². The molecule has 0 saturated carbocycles. The van der Waals surface area contributed by atoms with Gasteiger partial charge in [-0.05, 0) is 35.2 Å². The molecule has 2 atom stereocenters. The molecule has 2 rings (SSSR count). The Morgan fingerprint density at radius 3 is 2.39 bits per heavy atom. The van der Waals surface area contributed by atoms with E-state index in [9.17, 15) is 10.2 Å². The number of alkyl halides is 1. The van der Waals surface area contributed by atoms with E-state index in [0.29, 0.717) is 11.8 Å². The van der Waals surface area contributed by atoms with E-state index in [1.807, 2.05) is 43.3 Å². The predicted octanol–water partition coefficient (Wildman–Crippen LogP) is 3.33. The van der Waals surface area contributed by atoms with Gasteiger partial charge in [-0.25, -0.2) is 0 Å². The van der Waals surface area contributed by atoms with Gasteiger partial charge in [0.1, 0.15) is 6.10 Å². The molecule has 0 saturated heterocycles. The molecule has 0 aliphatic heterocycles. The third-order valence-electron chi connectivity index (χ3n) is 3.26. The van der Waals surface area contributed by atoms with E-state index in [2.05, 4.69) is 15.9 Å². The zero-order valence-electron chi connectivity index (χ0n) is 10.3. The molecule has 2 aromatic rings. The van der Waals surface area contributed by atoms with Crippen LogP contribution >= 0.6 is 15.9 Å². The van der Waals surface area contributed by atoms with Crippen LogP contribution in [0, 0.1) is 6.92 Å². The smallest absolute Gasteiger partial charge is 0.105 e. The van der Waals surface area contributed by atoms with E-state index in [1.165, 1.54) is 5.56 Å². The molecule has 96 valence electrons. The van der Waals surface area contributed by atoms with Crippen LogP contribution in [0.1, 0.15) is 23.7 Å². The number of aliphatic hydroxyl groups is 2. The Balaban J connectivity index is 2.48. The van der Waals surface area contributed by atoms with Crippen LogP contribution in [0.3, 0.4) is 0 Å². The molecule has 0 aliphatic carbocycles. The van der Waals surface area contributed by atoms with Crippen LogP contribution in [-0.2, 0) is 0 Å². The molecule has 3 heteroatoms. The summed E-state index contributed by atoms with van der Waals surface area (Å²) in [5, 5.41) is 23.0. The Labute approximate surface area is 115 Å². The van der Waals surface area contributed by atoms with Gasteiger partial charge in [-0.2, -0.15) is 0 Å². The number of aliphatic hydroxyl groups excluding tert-OH is 2. The van der Waals surface area contributed by atoms with Crippen LogP contribution in [-0.4, -0.2) is 21.6 Å². The van der Waals surface area contributed by atoms with Gasteiger partial charge in [-0.1, -0.05) is 52.3 Å². The number of fused-ring (bicyclic) bond motifs is 1. The minimum absolute atomic E-state index is 0.531. The fourth-order valence-corrected chi connectivity index (χ4v) is 2.68. The molecule has 0 aliphatic rings. The van der Waals surface area contributed by atoms with Gasteiger partial charge in [-0.3, -0.25) is 0 Å². The predicted molar refractivity (Wildman–Crippen MR) is 78.1 cm³/mol. The third kappa shape index (κ3) is 2.58. The Hall–Kier alpha value is -0.900.